The maximum atomic E-state index is 10.2. The lowest BCUT2D eigenvalue weighted by Crippen LogP contribution is -2.01. The number of benzene rings is 2. The van der Waals surface area contributed by atoms with E-state index >= 15 is 0 Å². The molecule has 0 spiro atoms. The van der Waals surface area contributed by atoms with E-state index in [2.05, 4.69) is 0 Å². The summed E-state index contributed by atoms with van der Waals surface area (Å²) >= 11 is 0. The number of phenolic OH excluding ortho intramolecular Hbond substituents is 2. The average molecular weight is 327 g/mol. The van der Waals surface area contributed by atoms with Gasteiger partial charge in [0.1, 0.15) is 11.5 Å². The highest BCUT2D eigenvalue weighted by molar-refractivity contribution is 6.08. The Morgan fingerprint density at radius 2 is 1.25 bits per heavy atom. The first-order valence-corrected chi connectivity index (χ1v) is 7.63. The molecule has 2 aromatic carbocycles. The number of hydrogen-bond acceptors (Lipinski definition) is 5. The van der Waals surface area contributed by atoms with Gasteiger partial charge in [0.05, 0.1) is 21.1 Å². The van der Waals surface area contributed by atoms with Gasteiger partial charge in [0, 0.05) is 37.5 Å². The number of nitrogens with two attached hydrogens (primary N) is 1. The van der Waals surface area contributed by atoms with Crippen LogP contribution in [0.3, 0.4) is 0 Å². The molecule has 0 heterocycles. The van der Waals surface area contributed by atoms with Crippen molar-refractivity contribution in [1.29, 1.82) is 0 Å². The van der Waals surface area contributed by atoms with Gasteiger partial charge < -0.3 is 25.4 Å². The van der Waals surface area contributed by atoms with Crippen LogP contribution in [0.15, 0.2) is 24.3 Å². The second-order valence-electron chi connectivity index (χ2n) is 5.56. The van der Waals surface area contributed by atoms with Crippen molar-refractivity contribution in [2.75, 3.05) is 14.2 Å². The molecule has 2 radical (unpaired) electrons. The smallest absolute Gasteiger partial charge is 0.125 e. The summed E-state index contributed by atoms with van der Waals surface area (Å²) in [5, 5.41) is 20.5. The normalized spacial score (nSPS) is 11.0. The Kier molecular flexibility index (Phi) is 6.26. The van der Waals surface area contributed by atoms with E-state index in [-0.39, 0.29) is 37.6 Å². The molecule has 0 bridgehead atoms. The van der Waals surface area contributed by atoms with E-state index in [9.17, 15) is 10.2 Å². The minimum Gasteiger partial charge on any atom is -0.507 e. The molecule has 0 aromatic heterocycles. The third-order valence-corrected chi connectivity index (χ3v) is 3.91. The molecule has 0 aliphatic heterocycles. The van der Waals surface area contributed by atoms with Crippen LogP contribution in [0.1, 0.15) is 22.3 Å². The van der Waals surface area contributed by atoms with Crippen LogP contribution in [0.5, 0.6) is 11.5 Å². The number of ether oxygens (including phenoxy) is 2. The van der Waals surface area contributed by atoms with Crippen molar-refractivity contribution in [3.8, 4) is 22.6 Å². The minimum atomic E-state index is 0.151. The maximum Gasteiger partial charge on any atom is 0.125 e. The van der Waals surface area contributed by atoms with Crippen molar-refractivity contribution in [3.63, 3.8) is 0 Å². The maximum absolute atomic E-state index is 10.2. The van der Waals surface area contributed by atoms with Gasteiger partial charge in [-0.05, 0) is 41.0 Å². The molecule has 0 atom stereocenters. The highest BCUT2D eigenvalue weighted by Gasteiger charge is 2.14. The predicted octanol–water partition coefficient (Wildman–Crippen LogP) is 2.18. The fourth-order valence-electron chi connectivity index (χ4n) is 2.70. The zero-order chi connectivity index (χ0) is 17.7. The summed E-state index contributed by atoms with van der Waals surface area (Å²) in [6, 6.07) is 7.36. The van der Waals surface area contributed by atoms with Crippen LogP contribution in [0.4, 0.5) is 0 Å². The topological polar surface area (TPSA) is 84.9 Å². The third-order valence-electron chi connectivity index (χ3n) is 3.91. The first kappa shape index (κ1) is 18.3. The van der Waals surface area contributed by atoms with Gasteiger partial charge in [-0.2, -0.15) is 0 Å². The third kappa shape index (κ3) is 3.72. The summed E-state index contributed by atoms with van der Waals surface area (Å²) in [7, 11) is 8.87. The van der Waals surface area contributed by atoms with E-state index in [1.54, 1.807) is 14.2 Å². The molecule has 4 N–H and O–H groups in total. The molecule has 24 heavy (non-hydrogen) atoms. The molecular weight excluding hydrogens is 305 g/mol. The Labute approximate surface area is 143 Å². The number of phenols is 2. The predicted molar refractivity (Wildman–Crippen MR) is 94.0 cm³/mol. The molecule has 2 aromatic rings. The number of methoxy groups -OCH3 is 2. The fraction of sp³-hybridized carbons (Fsp3) is 0.333. The highest BCUT2D eigenvalue weighted by Crippen LogP contribution is 2.34. The van der Waals surface area contributed by atoms with E-state index in [1.807, 2.05) is 24.3 Å². The second-order valence-corrected chi connectivity index (χ2v) is 5.56. The number of aromatic hydroxyl groups is 2. The molecule has 0 aliphatic carbocycles. The van der Waals surface area contributed by atoms with Gasteiger partial charge in [0.25, 0.3) is 0 Å². The zero-order valence-corrected chi connectivity index (χ0v) is 14.0. The van der Waals surface area contributed by atoms with Gasteiger partial charge >= 0.3 is 0 Å². The summed E-state index contributed by atoms with van der Waals surface area (Å²) in [5.41, 5.74) is 10.1. The summed E-state index contributed by atoms with van der Waals surface area (Å²) in [4.78, 5) is 0. The summed E-state index contributed by atoms with van der Waals surface area (Å²) in [6.45, 7) is 0.766. The highest BCUT2D eigenvalue weighted by atomic mass is 16.5. The zero-order valence-electron chi connectivity index (χ0n) is 14.0. The van der Waals surface area contributed by atoms with E-state index in [1.165, 1.54) is 0 Å². The monoisotopic (exact) mass is 327 g/mol. The lowest BCUT2D eigenvalue weighted by molar-refractivity contribution is 0.181. The van der Waals surface area contributed by atoms with Crippen LogP contribution < -0.4 is 5.73 Å². The van der Waals surface area contributed by atoms with E-state index in [0.717, 1.165) is 11.1 Å². The summed E-state index contributed by atoms with van der Waals surface area (Å²) < 4.78 is 10.3. The van der Waals surface area contributed by atoms with Gasteiger partial charge in [0.15, 0.2) is 0 Å². The number of hydrogen-bond donors (Lipinski definition) is 3. The molecule has 0 saturated heterocycles. The molecule has 0 fully saturated rings. The minimum absolute atomic E-state index is 0.151. The number of rotatable bonds is 7. The fourth-order valence-corrected chi connectivity index (χ4v) is 2.70. The average Bonchev–Trinajstić information content (AvgIpc) is 2.59. The molecule has 5 nitrogen and oxygen atoms in total. The van der Waals surface area contributed by atoms with Crippen LogP contribution in [0.25, 0.3) is 11.1 Å². The molecule has 0 unspecified atom stereocenters. The summed E-state index contributed by atoms with van der Waals surface area (Å²) in [5.74, 6) is 0.302. The van der Waals surface area contributed by atoms with Crippen LogP contribution in [0, 0.1) is 0 Å². The Morgan fingerprint density at radius 1 is 0.833 bits per heavy atom. The van der Waals surface area contributed by atoms with Crippen molar-refractivity contribution in [1.82, 2.24) is 0 Å². The van der Waals surface area contributed by atoms with Crippen molar-refractivity contribution < 1.29 is 19.7 Å². The van der Waals surface area contributed by atoms with Crippen molar-refractivity contribution >= 4 is 7.85 Å². The van der Waals surface area contributed by atoms with Crippen LogP contribution in [0.2, 0.25) is 0 Å². The Hall–Kier alpha value is -2.02. The molecule has 0 saturated carbocycles. The summed E-state index contributed by atoms with van der Waals surface area (Å²) in [6.07, 6.45) is 0.211. The molecule has 0 aliphatic rings. The first-order chi connectivity index (χ1) is 11.5. The van der Waals surface area contributed by atoms with E-state index < -0.39 is 0 Å². The molecule has 0 amide bonds. The SMILES string of the molecule is [B]Cc1cc(-c2cc(CN)c(O)c(COC)c2)cc(COC)c1O. The molecule has 2 rings (SSSR count). The van der Waals surface area contributed by atoms with Gasteiger partial charge in [-0.25, -0.2) is 0 Å². The van der Waals surface area contributed by atoms with Crippen LogP contribution in [-0.2, 0) is 35.6 Å². The molecule has 6 heteroatoms. The Bertz CT molecular complexity index is 657. The van der Waals surface area contributed by atoms with E-state index in [4.69, 9.17) is 23.1 Å². The quantitative estimate of drug-likeness (QED) is 0.679. The van der Waals surface area contributed by atoms with E-state index in [0.29, 0.717) is 22.3 Å². The van der Waals surface area contributed by atoms with Crippen LogP contribution in [-0.4, -0.2) is 32.3 Å². The van der Waals surface area contributed by atoms with Crippen LogP contribution >= 0.6 is 0 Å². The van der Waals surface area contributed by atoms with Gasteiger partial charge in [-0.1, -0.05) is 6.32 Å². The second kappa shape index (κ2) is 8.19. The molecule has 126 valence electrons. The largest absolute Gasteiger partial charge is 0.507 e. The van der Waals surface area contributed by atoms with Crippen molar-refractivity contribution in [2.24, 2.45) is 5.73 Å². The van der Waals surface area contributed by atoms with Crippen molar-refractivity contribution in [3.05, 3.63) is 46.5 Å². The lowest BCUT2D eigenvalue weighted by Gasteiger charge is -2.15. The Morgan fingerprint density at radius 3 is 1.67 bits per heavy atom. The molecular formula is C18H22BNO4. The first-order valence-electron chi connectivity index (χ1n) is 7.63. The Balaban J connectivity index is 2.62. The van der Waals surface area contributed by atoms with Gasteiger partial charge in [-0.15, -0.1) is 0 Å². The standard InChI is InChI=1S/C18H22BNO4/c1-23-9-15-5-11(3-13(7-19)17(15)21)12-4-14(8-20)18(22)16(6-12)10-24-2/h3-6,21-22H,7-10,20H2,1-2H3. The van der Waals surface area contributed by atoms with Gasteiger partial charge in [0.2, 0.25) is 0 Å². The lowest BCUT2D eigenvalue weighted by atomic mass is 9.90. The van der Waals surface area contributed by atoms with Crippen molar-refractivity contribution in [2.45, 2.75) is 26.1 Å². The van der Waals surface area contributed by atoms with Gasteiger partial charge in [-0.3, -0.25) is 0 Å².